The molecule has 0 aliphatic heterocycles. The van der Waals surface area contributed by atoms with Gasteiger partial charge in [-0.25, -0.2) is 5.43 Å². The molecule has 1 atom stereocenters. The van der Waals surface area contributed by atoms with E-state index in [1.165, 1.54) is 5.56 Å². The van der Waals surface area contributed by atoms with Crippen LogP contribution in [0.1, 0.15) is 23.7 Å². The van der Waals surface area contributed by atoms with Crippen molar-refractivity contribution in [1.29, 1.82) is 0 Å². The maximum Gasteiger partial charge on any atom is 0.280 e. The molecule has 2 N–H and O–H groups in total. The summed E-state index contributed by atoms with van der Waals surface area (Å²) in [5, 5.41) is 3.87. The molecule has 0 fully saturated rings. The quantitative estimate of drug-likeness (QED) is 0.655. The highest BCUT2D eigenvalue weighted by Crippen LogP contribution is 2.17. The first-order valence-corrected chi connectivity index (χ1v) is 6.76. The van der Waals surface area contributed by atoms with E-state index in [0.717, 1.165) is 11.3 Å². The molecule has 1 aromatic heterocycles. The highest BCUT2D eigenvalue weighted by atomic mass is 16.5. The molecule has 1 amide bonds. The zero-order valence-corrected chi connectivity index (χ0v) is 12.4. The number of aromatic nitrogens is 1. The lowest BCUT2D eigenvalue weighted by molar-refractivity contribution is -0.127. The molecule has 5 nitrogen and oxygen atoms in total. The van der Waals surface area contributed by atoms with Crippen molar-refractivity contribution >= 4 is 12.1 Å². The largest absolute Gasteiger partial charge is 0.481 e. The summed E-state index contributed by atoms with van der Waals surface area (Å²) in [6, 6.07) is 9.45. The molecular weight excluding hydrogens is 266 g/mol. The van der Waals surface area contributed by atoms with Gasteiger partial charge in [-0.1, -0.05) is 6.07 Å². The first-order valence-electron chi connectivity index (χ1n) is 6.76. The molecule has 21 heavy (non-hydrogen) atoms. The third-order valence-electron chi connectivity index (χ3n) is 3.16. The number of carbonyl (C=O) groups excluding carboxylic acids is 1. The van der Waals surface area contributed by atoms with Crippen LogP contribution in [-0.4, -0.2) is 23.2 Å². The van der Waals surface area contributed by atoms with Gasteiger partial charge in [0.25, 0.3) is 5.91 Å². The third kappa shape index (κ3) is 4.21. The molecule has 1 unspecified atom stereocenters. The van der Waals surface area contributed by atoms with Crippen LogP contribution in [0.4, 0.5) is 0 Å². The molecule has 2 aromatic rings. The van der Waals surface area contributed by atoms with Crippen molar-refractivity contribution in [1.82, 2.24) is 10.4 Å². The SMILES string of the molecule is Cc1ccc(OC(C)C(=O)N/N=C/c2ccc[nH]2)cc1C. The lowest BCUT2D eigenvalue weighted by atomic mass is 10.1. The van der Waals surface area contributed by atoms with E-state index in [9.17, 15) is 4.79 Å². The number of benzene rings is 1. The number of nitrogens with zero attached hydrogens (tertiary/aromatic N) is 1. The molecule has 0 saturated heterocycles. The minimum absolute atomic E-state index is 0.295. The van der Waals surface area contributed by atoms with Gasteiger partial charge in [-0.3, -0.25) is 4.79 Å². The van der Waals surface area contributed by atoms with Crippen molar-refractivity contribution < 1.29 is 9.53 Å². The fourth-order valence-electron chi connectivity index (χ4n) is 1.73. The number of amides is 1. The predicted octanol–water partition coefficient (Wildman–Crippen LogP) is 2.55. The van der Waals surface area contributed by atoms with E-state index in [-0.39, 0.29) is 5.91 Å². The maximum absolute atomic E-state index is 11.9. The number of H-pyrrole nitrogens is 1. The summed E-state index contributed by atoms with van der Waals surface area (Å²) in [4.78, 5) is 14.8. The first kappa shape index (κ1) is 14.8. The van der Waals surface area contributed by atoms with Crippen molar-refractivity contribution in [3.8, 4) is 5.75 Å². The number of hydrogen-bond donors (Lipinski definition) is 2. The normalized spacial score (nSPS) is 12.3. The number of hydrazone groups is 1. The van der Waals surface area contributed by atoms with Crippen LogP contribution in [0.25, 0.3) is 0 Å². The van der Waals surface area contributed by atoms with Gasteiger partial charge in [0.15, 0.2) is 6.10 Å². The van der Waals surface area contributed by atoms with E-state index >= 15 is 0 Å². The van der Waals surface area contributed by atoms with Crippen LogP contribution in [-0.2, 0) is 4.79 Å². The number of nitrogens with one attached hydrogen (secondary N) is 2. The zero-order valence-electron chi connectivity index (χ0n) is 12.4. The van der Waals surface area contributed by atoms with E-state index in [1.807, 2.05) is 44.2 Å². The van der Waals surface area contributed by atoms with Gasteiger partial charge in [-0.15, -0.1) is 0 Å². The third-order valence-corrected chi connectivity index (χ3v) is 3.16. The highest BCUT2D eigenvalue weighted by Gasteiger charge is 2.14. The molecule has 110 valence electrons. The van der Waals surface area contributed by atoms with Crippen molar-refractivity contribution in [2.75, 3.05) is 0 Å². The number of ether oxygens (including phenoxy) is 1. The van der Waals surface area contributed by atoms with Crippen molar-refractivity contribution in [2.24, 2.45) is 5.10 Å². The second-order valence-corrected chi connectivity index (χ2v) is 4.87. The summed E-state index contributed by atoms with van der Waals surface area (Å²) in [5.41, 5.74) is 5.59. The second-order valence-electron chi connectivity index (χ2n) is 4.87. The van der Waals surface area contributed by atoms with Gasteiger partial charge in [0, 0.05) is 6.20 Å². The number of aromatic amines is 1. The van der Waals surface area contributed by atoms with Crippen molar-refractivity contribution in [3.05, 3.63) is 53.3 Å². The van der Waals surface area contributed by atoms with Gasteiger partial charge in [0.1, 0.15) is 5.75 Å². The van der Waals surface area contributed by atoms with E-state index in [2.05, 4.69) is 15.5 Å². The molecule has 0 aliphatic rings. The Morgan fingerprint density at radius 1 is 1.33 bits per heavy atom. The first-order chi connectivity index (χ1) is 10.1. The molecule has 1 heterocycles. The Balaban J connectivity index is 1.88. The molecule has 0 bridgehead atoms. The summed E-state index contributed by atoms with van der Waals surface area (Å²) in [5.74, 6) is 0.380. The van der Waals surface area contributed by atoms with E-state index in [4.69, 9.17) is 4.74 Å². The Hall–Kier alpha value is -2.56. The Bertz CT molecular complexity index is 633. The zero-order chi connectivity index (χ0) is 15.2. The number of aryl methyl sites for hydroxylation is 2. The van der Waals surface area contributed by atoms with Crippen molar-refractivity contribution in [3.63, 3.8) is 0 Å². The molecule has 0 spiro atoms. The maximum atomic E-state index is 11.9. The van der Waals surface area contributed by atoms with E-state index < -0.39 is 6.10 Å². The summed E-state index contributed by atoms with van der Waals surface area (Å²) in [6.45, 7) is 5.73. The fraction of sp³-hybridized carbons (Fsp3) is 0.250. The Labute approximate surface area is 124 Å². The van der Waals surface area contributed by atoms with E-state index in [0.29, 0.717) is 5.75 Å². The molecule has 2 rings (SSSR count). The van der Waals surface area contributed by atoms with Gasteiger partial charge in [0.05, 0.1) is 11.9 Å². The standard InChI is InChI=1S/C16H19N3O2/c1-11-6-7-15(9-12(11)2)21-13(3)16(20)19-18-10-14-5-4-8-17-14/h4-10,13,17H,1-3H3,(H,19,20)/b18-10+. The molecule has 0 aliphatic carbocycles. The van der Waals surface area contributed by atoms with Gasteiger partial charge in [-0.2, -0.15) is 5.10 Å². The molecule has 0 radical (unpaired) electrons. The van der Waals surface area contributed by atoms with Gasteiger partial charge in [0.2, 0.25) is 0 Å². The predicted molar refractivity (Wildman–Crippen MR) is 82.5 cm³/mol. The highest BCUT2D eigenvalue weighted by molar-refractivity contribution is 5.83. The summed E-state index contributed by atoms with van der Waals surface area (Å²) >= 11 is 0. The number of hydrogen-bond acceptors (Lipinski definition) is 3. The Kier molecular flexibility index (Phi) is 4.77. The Morgan fingerprint density at radius 3 is 2.81 bits per heavy atom. The molecular formula is C16H19N3O2. The molecule has 1 aromatic carbocycles. The summed E-state index contributed by atoms with van der Waals surface area (Å²) in [6.07, 6.45) is 2.71. The minimum atomic E-state index is -0.618. The van der Waals surface area contributed by atoms with Crippen LogP contribution >= 0.6 is 0 Å². The Morgan fingerprint density at radius 2 is 2.14 bits per heavy atom. The van der Waals surface area contributed by atoms with Crippen LogP contribution in [0.5, 0.6) is 5.75 Å². The van der Waals surface area contributed by atoms with Crippen LogP contribution in [0, 0.1) is 13.8 Å². The smallest absolute Gasteiger partial charge is 0.280 e. The average molecular weight is 285 g/mol. The van der Waals surface area contributed by atoms with Crippen LogP contribution < -0.4 is 10.2 Å². The fourth-order valence-corrected chi connectivity index (χ4v) is 1.73. The summed E-state index contributed by atoms with van der Waals surface area (Å²) in [7, 11) is 0. The molecule has 0 saturated carbocycles. The van der Waals surface area contributed by atoms with E-state index in [1.54, 1.807) is 19.3 Å². The monoisotopic (exact) mass is 285 g/mol. The lowest BCUT2D eigenvalue weighted by Crippen LogP contribution is -2.33. The van der Waals surface area contributed by atoms with Crippen LogP contribution in [0.2, 0.25) is 0 Å². The minimum Gasteiger partial charge on any atom is -0.481 e. The van der Waals surface area contributed by atoms with Crippen molar-refractivity contribution in [2.45, 2.75) is 26.9 Å². The van der Waals surface area contributed by atoms with Gasteiger partial charge < -0.3 is 9.72 Å². The topological polar surface area (TPSA) is 66.5 Å². The van der Waals surface area contributed by atoms with Gasteiger partial charge in [-0.05, 0) is 56.2 Å². The molecule has 5 heteroatoms. The lowest BCUT2D eigenvalue weighted by Gasteiger charge is -2.13. The van der Waals surface area contributed by atoms with Gasteiger partial charge >= 0.3 is 0 Å². The van der Waals surface area contributed by atoms with Crippen LogP contribution in [0.3, 0.4) is 0 Å². The van der Waals surface area contributed by atoms with Crippen LogP contribution in [0.15, 0.2) is 41.6 Å². The number of carbonyl (C=O) groups is 1. The second kappa shape index (κ2) is 6.74. The summed E-state index contributed by atoms with van der Waals surface area (Å²) < 4.78 is 5.61. The number of rotatable bonds is 5. The average Bonchev–Trinajstić information content (AvgIpc) is 2.96.